The molecule has 0 unspecified atom stereocenters. The fourth-order valence-electron chi connectivity index (χ4n) is 8.87. The summed E-state index contributed by atoms with van der Waals surface area (Å²) < 4.78 is 93.1. The molecule has 10 rings (SSSR count). The molecule has 0 spiro atoms. The van der Waals surface area contributed by atoms with Gasteiger partial charge in [0.15, 0.2) is 25.5 Å². The summed E-state index contributed by atoms with van der Waals surface area (Å²) in [5.41, 5.74) is 4.51. The summed E-state index contributed by atoms with van der Waals surface area (Å²) in [4.78, 5) is 26.1. The second-order valence-electron chi connectivity index (χ2n) is 17.6. The quantitative estimate of drug-likeness (QED) is 0.132. The summed E-state index contributed by atoms with van der Waals surface area (Å²) in [6, 6.07) is 39.2. The maximum atomic E-state index is 13.9. The first-order valence-corrected chi connectivity index (χ1v) is 27.5. The van der Waals surface area contributed by atoms with E-state index in [0.29, 0.717) is 51.7 Å². The molecule has 370 valence electrons. The van der Waals surface area contributed by atoms with Crippen molar-refractivity contribution in [3.63, 3.8) is 0 Å². The molecule has 0 saturated carbocycles. The zero-order chi connectivity index (χ0) is 51.0. The highest BCUT2D eigenvalue weighted by atomic mass is 35.5. The van der Waals surface area contributed by atoms with Crippen molar-refractivity contribution in [3.8, 4) is 56.4 Å². The third-order valence-corrected chi connectivity index (χ3v) is 15.4. The summed E-state index contributed by atoms with van der Waals surface area (Å²) in [5, 5.41) is 0.913. The van der Waals surface area contributed by atoms with Gasteiger partial charge in [0.2, 0.25) is 5.91 Å². The number of alkyl halides is 3. The van der Waals surface area contributed by atoms with E-state index in [4.69, 9.17) is 33.2 Å². The van der Waals surface area contributed by atoms with E-state index in [0.717, 1.165) is 79.0 Å². The number of amides is 1. The number of piperidine rings is 1. The number of nitrogens with zero attached hydrogens (tertiary/aromatic N) is 6. The molecule has 0 bridgehead atoms. The Morgan fingerprint density at radius 2 is 1.04 bits per heavy atom. The number of carbonyl (C=O) groups excluding carboxylic acids is 1. The van der Waals surface area contributed by atoms with Gasteiger partial charge >= 0.3 is 6.18 Å². The molecule has 2 saturated heterocycles. The Bertz CT molecular complexity index is 3520. The Balaban J connectivity index is 0.000000178. The Hall–Kier alpha value is -6.72. The van der Waals surface area contributed by atoms with Crippen molar-refractivity contribution in [3.05, 3.63) is 168 Å². The largest absolute Gasteiger partial charge is 0.417 e. The van der Waals surface area contributed by atoms with Crippen molar-refractivity contribution in [1.82, 2.24) is 19.1 Å². The van der Waals surface area contributed by atoms with Crippen molar-refractivity contribution < 1.29 is 34.8 Å². The predicted octanol–water partition coefficient (Wildman–Crippen LogP) is 12.7. The van der Waals surface area contributed by atoms with E-state index in [1.54, 1.807) is 76.3 Å². The first kappa shape index (κ1) is 50.2. The summed E-state index contributed by atoms with van der Waals surface area (Å²) in [7, 11) is -6.66. The summed E-state index contributed by atoms with van der Waals surface area (Å²) >= 11 is 13.0. The predicted molar refractivity (Wildman–Crippen MR) is 278 cm³/mol. The first-order chi connectivity index (χ1) is 34.3. The lowest BCUT2D eigenvalue weighted by Crippen LogP contribution is -2.29. The Morgan fingerprint density at radius 3 is 1.56 bits per heavy atom. The van der Waals surface area contributed by atoms with Crippen LogP contribution in [0.1, 0.15) is 37.7 Å². The van der Waals surface area contributed by atoms with Crippen molar-refractivity contribution in [2.75, 3.05) is 41.9 Å². The Morgan fingerprint density at radius 1 is 0.542 bits per heavy atom. The maximum absolute atomic E-state index is 13.9. The van der Waals surface area contributed by atoms with Crippen LogP contribution in [0.4, 0.5) is 24.8 Å². The lowest BCUT2D eigenvalue weighted by Gasteiger charge is -2.26. The molecule has 0 aliphatic carbocycles. The van der Waals surface area contributed by atoms with Crippen LogP contribution in [0.15, 0.2) is 162 Å². The third-order valence-electron chi connectivity index (χ3n) is 12.6. The average Bonchev–Trinajstić information content (AvgIpc) is 4.13. The molecule has 2 fully saturated rings. The highest BCUT2D eigenvalue weighted by Crippen LogP contribution is 2.40. The van der Waals surface area contributed by atoms with Crippen LogP contribution in [0.3, 0.4) is 0 Å². The minimum atomic E-state index is -4.52. The number of imidazole rings is 2. The number of rotatable bonds is 10. The van der Waals surface area contributed by atoms with E-state index in [2.05, 4.69) is 4.90 Å². The second-order valence-corrected chi connectivity index (χ2v) is 22.5. The van der Waals surface area contributed by atoms with Gasteiger partial charge in [0.25, 0.3) is 0 Å². The highest BCUT2D eigenvalue weighted by molar-refractivity contribution is 7.91. The molecule has 4 heterocycles. The molecule has 0 radical (unpaired) electrons. The molecule has 18 heteroatoms. The number of sulfone groups is 2. The van der Waals surface area contributed by atoms with E-state index in [9.17, 15) is 34.8 Å². The van der Waals surface area contributed by atoms with E-state index in [1.165, 1.54) is 18.4 Å². The number of hydrogen-bond donors (Lipinski definition) is 0. The molecule has 0 atom stereocenters. The molecule has 1 amide bonds. The number of hydrogen-bond acceptors (Lipinski definition) is 8. The molecule has 72 heavy (non-hydrogen) atoms. The third kappa shape index (κ3) is 10.9. The summed E-state index contributed by atoms with van der Waals surface area (Å²) in [6.45, 7) is 2.24. The lowest BCUT2D eigenvalue weighted by molar-refractivity contribution is -0.137. The van der Waals surface area contributed by atoms with Gasteiger partial charge in [-0.3, -0.25) is 18.8 Å². The topological polar surface area (TPSA) is 127 Å². The van der Waals surface area contributed by atoms with Crippen LogP contribution in [-0.4, -0.2) is 74.0 Å². The number of halogens is 5. The van der Waals surface area contributed by atoms with Crippen LogP contribution >= 0.6 is 23.2 Å². The van der Waals surface area contributed by atoms with Gasteiger partial charge in [-0.15, -0.1) is 0 Å². The number of anilines is 2. The van der Waals surface area contributed by atoms with Crippen LogP contribution < -0.4 is 9.80 Å². The number of carbonyl (C=O) groups is 1. The number of benzene rings is 6. The smallest absolute Gasteiger partial charge is 0.355 e. The SMILES string of the molecule is CS(=O)(=O)c1cccc(-c2ccc(-n3cc(N4CCCC4=O)nc3-c3c(Cl)cccc3Cl)cc2)c1.CS(=O)(=O)c1cccc(-c2ccc(-n3cc(N4CCCCC4)nc3-c3ccccc3C(F)(F)F)cc2)c1. The molecular weight excluding hydrogens is 1000 g/mol. The Kier molecular flexibility index (Phi) is 14.2. The zero-order valence-electron chi connectivity index (χ0n) is 39.0. The lowest BCUT2D eigenvalue weighted by atomic mass is 10.0. The van der Waals surface area contributed by atoms with Crippen LogP contribution in [-0.2, 0) is 30.6 Å². The van der Waals surface area contributed by atoms with E-state index < -0.39 is 31.4 Å². The van der Waals surface area contributed by atoms with Crippen molar-refractivity contribution in [1.29, 1.82) is 0 Å². The zero-order valence-corrected chi connectivity index (χ0v) is 42.2. The van der Waals surface area contributed by atoms with Crippen LogP contribution in [0, 0.1) is 0 Å². The molecule has 11 nitrogen and oxygen atoms in total. The second kappa shape index (κ2) is 20.4. The molecule has 2 aliphatic rings. The van der Waals surface area contributed by atoms with Crippen LogP contribution in [0.25, 0.3) is 56.4 Å². The van der Waals surface area contributed by atoms with E-state index >= 15 is 0 Å². The summed E-state index contributed by atoms with van der Waals surface area (Å²) in [5.74, 6) is 1.98. The van der Waals surface area contributed by atoms with Crippen molar-refractivity contribution >= 4 is 60.4 Å². The molecule has 8 aromatic rings. The normalized spacial score (nSPS) is 14.3. The van der Waals surface area contributed by atoms with Crippen LogP contribution in [0.2, 0.25) is 10.0 Å². The number of aromatic nitrogens is 4. The highest BCUT2D eigenvalue weighted by Gasteiger charge is 2.35. The fraction of sp³-hybridized carbons (Fsp3) is 0.204. The van der Waals surface area contributed by atoms with Gasteiger partial charge in [0, 0.05) is 55.5 Å². The fourth-order valence-corrected chi connectivity index (χ4v) is 10.8. The maximum Gasteiger partial charge on any atom is 0.417 e. The van der Waals surface area contributed by atoms with Gasteiger partial charge in [-0.25, -0.2) is 26.8 Å². The van der Waals surface area contributed by atoms with Gasteiger partial charge in [0.1, 0.15) is 17.5 Å². The van der Waals surface area contributed by atoms with Crippen molar-refractivity contribution in [2.24, 2.45) is 0 Å². The van der Waals surface area contributed by atoms with Gasteiger partial charge in [-0.05, 0) is 115 Å². The average molecular weight is 1050 g/mol. The first-order valence-electron chi connectivity index (χ1n) is 23.0. The minimum absolute atomic E-state index is 0.0168. The monoisotopic (exact) mass is 1050 g/mol. The molecular formula is C54H47Cl2F3N6O5S2. The van der Waals surface area contributed by atoms with Crippen LogP contribution in [0.5, 0.6) is 0 Å². The van der Waals surface area contributed by atoms with Gasteiger partial charge in [-0.2, -0.15) is 13.2 Å². The van der Waals surface area contributed by atoms with Gasteiger partial charge in [0.05, 0.1) is 43.4 Å². The van der Waals surface area contributed by atoms with E-state index in [1.807, 2.05) is 71.4 Å². The summed E-state index contributed by atoms with van der Waals surface area (Å²) in [6.07, 6.45) is 5.89. The van der Waals surface area contributed by atoms with Gasteiger partial charge in [-0.1, -0.05) is 96.0 Å². The molecule has 2 aliphatic heterocycles. The molecule has 2 aromatic heterocycles. The van der Waals surface area contributed by atoms with E-state index in [-0.39, 0.29) is 27.1 Å². The standard InChI is InChI=1S/C28H26F3N3O2S.C26H21Cl2N3O3S/c1-37(35,36)23-9-7-8-21(18-23)20-12-14-22(15-13-20)34-19-26(33-16-5-2-6-17-33)32-27(34)24-10-3-4-11-25(24)28(29,30)31;1-35(33,34)20-6-2-5-18(15-20)17-10-12-19(13-11-17)31-16-23(30-14-4-9-24(30)32)29-26(31)25-21(27)7-3-8-22(25)28/h3-4,7-15,18-19H,2,5-6,16-17H2,1H3;2-3,5-8,10-13,15-16H,4,9,14H2,1H3. The van der Waals surface area contributed by atoms with Crippen molar-refractivity contribution in [2.45, 2.75) is 48.1 Å². The molecule has 0 N–H and O–H groups in total. The molecule has 6 aromatic carbocycles. The minimum Gasteiger partial charge on any atom is -0.355 e. The Labute approximate surface area is 426 Å². The van der Waals surface area contributed by atoms with Gasteiger partial charge < -0.3 is 4.90 Å².